The van der Waals surface area contributed by atoms with Gasteiger partial charge in [0.2, 0.25) is 0 Å². The molecule has 1 aliphatic rings. The van der Waals surface area contributed by atoms with Crippen molar-refractivity contribution in [1.29, 1.82) is 0 Å². The molecule has 1 saturated heterocycles. The Balaban J connectivity index is 1.51. The van der Waals surface area contributed by atoms with Crippen LogP contribution in [-0.2, 0) is 18.9 Å². The number of halogens is 1. The summed E-state index contributed by atoms with van der Waals surface area (Å²) in [5, 5.41) is 0. The Labute approximate surface area is 201 Å². The lowest BCUT2D eigenvalue weighted by Gasteiger charge is -2.23. The fourth-order valence-electron chi connectivity index (χ4n) is 3.43. The molecule has 0 aliphatic carbocycles. The number of hydrogen-bond acceptors (Lipinski definition) is 7. The summed E-state index contributed by atoms with van der Waals surface area (Å²) in [7, 11) is 0. The van der Waals surface area contributed by atoms with Crippen LogP contribution in [0.1, 0.15) is 31.1 Å². The molecule has 7 nitrogen and oxygen atoms in total. The minimum Gasteiger partial charge on any atom is -0.459 e. The van der Waals surface area contributed by atoms with Crippen molar-refractivity contribution in [2.24, 2.45) is 0 Å². The smallest absolute Gasteiger partial charge is 0.338 e. The van der Waals surface area contributed by atoms with Gasteiger partial charge in [0.25, 0.3) is 0 Å². The van der Waals surface area contributed by atoms with E-state index in [9.17, 15) is 14.4 Å². The second kappa shape index (κ2) is 11.0. The van der Waals surface area contributed by atoms with E-state index < -0.39 is 41.8 Å². The van der Waals surface area contributed by atoms with E-state index in [1.165, 1.54) is 0 Å². The molecular weight excluding hydrogens is 460 g/mol. The van der Waals surface area contributed by atoms with Gasteiger partial charge in [-0.1, -0.05) is 66.2 Å². The van der Waals surface area contributed by atoms with E-state index >= 15 is 0 Å². The van der Waals surface area contributed by atoms with Crippen LogP contribution >= 0.6 is 11.6 Å². The van der Waals surface area contributed by atoms with Gasteiger partial charge in [-0.05, 0) is 36.4 Å². The molecule has 1 fully saturated rings. The Morgan fingerprint density at radius 3 is 1.53 bits per heavy atom. The van der Waals surface area contributed by atoms with Gasteiger partial charge in [-0.2, -0.15) is 0 Å². The zero-order valence-electron chi connectivity index (χ0n) is 17.9. The van der Waals surface area contributed by atoms with Crippen LogP contribution in [-0.4, -0.2) is 48.4 Å². The van der Waals surface area contributed by atoms with E-state index in [4.69, 9.17) is 30.5 Å². The van der Waals surface area contributed by atoms with E-state index in [1.807, 2.05) is 0 Å². The van der Waals surface area contributed by atoms with Crippen LogP contribution < -0.4 is 0 Å². The second-order valence-electron chi connectivity index (χ2n) is 7.46. The van der Waals surface area contributed by atoms with Crippen LogP contribution in [0.2, 0.25) is 0 Å². The first-order chi connectivity index (χ1) is 16.5. The Morgan fingerprint density at radius 2 is 1.06 bits per heavy atom. The zero-order valence-corrected chi connectivity index (χ0v) is 18.7. The molecule has 0 unspecified atom stereocenters. The van der Waals surface area contributed by atoms with Crippen LogP contribution in [0, 0.1) is 0 Å². The molecule has 0 N–H and O–H groups in total. The first-order valence-electron chi connectivity index (χ1n) is 10.6. The molecular formula is C26H21ClO7. The molecule has 3 aromatic carbocycles. The third-order valence-corrected chi connectivity index (χ3v) is 5.50. The highest BCUT2D eigenvalue weighted by Crippen LogP contribution is 2.31. The number of carbonyl (C=O) groups is 3. The SMILES string of the molecule is O=C(OC[C@H]1O[C@H](Cl)[C@H](OC(=O)c2ccccc2)[C@@H]1OC(=O)c1ccccc1)c1ccccc1. The third-order valence-electron chi connectivity index (χ3n) is 5.15. The van der Waals surface area contributed by atoms with Gasteiger partial charge in [0.15, 0.2) is 17.8 Å². The fraction of sp³-hybridized carbons (Fsp3) is 0.192. The van der Waals surface area contributed by atoms with Crippen molar-refractivity contribution in [3.63, 3.8) is 0 Å². The van der Waals surface area contributed by atoms with Crippen molar-refractivity contribution in [2.75, 3.05) is 6.61 Å². The quantitative estimate of drug-likeness (QED) is 0.283. The van der Waals surface area contributed by atoms with Gasteiger partial charge in [-0.15, -0.1) is 0 Å². The molecule has 0 bridgehead atoms. The summed E-state index contributed by atoms with van der Waals surface area (Å²) in [6.07, 6.45) is -3.18. The van der Waals surface area contributed by atoms with E-state index in [1.54, 1.807) is 91.0 Å². The minimum atomic E-state index is -1.12. The molecule has 174 valence electrons. The number of ether oxygens (including phenoxy) is 4. The standard InChI is InChI=1S/C26H21ClO7/c27-23-22(34-26(30)19-14-8-3-9-15-19)21(33-25(29)18-12-6-2-7-13-18)20(32-23)16-31-24(28)17-10-4-1-5-11-17/h1-15,20-23H,16H2/t20-,21-,22-,23+/m1/s1. The van der Waals surface area contributed by atoms with Crippen LogP contribution in [0.15, 0.2) is 91.0 Å². The van der Waals surface area contributed by atoms with Gasteiger partial charge < -0.3 is 18.9 Å². The van der Waals surface area contributed by atoms with Gasteiger partial charge in [0, 0.05) is 0 Å². The number of carbonyl (C=O) groups excluding carboxylic acids is 3. The van der Waals surface area contributed by atoms with Crippen molar-refractivity contribution in [1.82, 2.24) is 0 Å². The normalized spacial score (nSPS) is 21.4. The molecule has 1 aliphatic heterocycles. The minimum absolute atomic E-state index is 0.261. The van der Waals surface area contributed by atoms with E-state index in [0.717, 1.165) is 0 Å². The molecule has 0 spiro atoms. The summed E-state index contributed by atoms with van der Waals surface area (Å²) in [5.41, 5.74) is -0.165. The molecule has 0 radical (unpaired) electrons. The average molecular weight is 481 g/mol. The highest BCUT2D eigenvalue weighted by molar-refractivity contribution is 6.20. The highest BCUT2D eigenvalue weighted by Gasteiger charge is 2.49. The van der Waals surface area contributed by atoms with Gasteiger partial charge in [-0.25, -0.2) is 14.4 Å². The van der Waals surface area contributed by atoms with Crippen LogP contribution in [0.3, 0.4) is 0 Å². The Bertz CT molecular complexity index is 1120. The lowest BCUT2D eigenvalue weighted by atomic mass is 10.1. The highest BCUT2D eigenvalue weighted by atomic mass is 35.5. The number of esters is 3. The molecule has 0 aromatic heterocycles. The lowest BCUT2D eigenvalue weighted by molar-refractivity contribution is -0.0435. The summed E-state index contributed by atoms with van der Waals surface area (Å²) in [4.78, 5) is 37.8. The second-order valence-corrected chi connectivity index (χ2v) is 7.89. The van der Waals surface area contributed by atoms with Crippen LogP contribution in [0.25, 0.3) is 0 Å². The van der Waals surface area contributed by atoms with Crippen molar-refractivity contribution in [2.45, 2.75) is 23.9 Å². The van der Waals surface area contributed by atoms with Crippen LogP contribution in [0.4, 0.5) is 0 Å². The molecule has 8 heteroatoms. The van der Waals surface area contributed by atoms with Gasteiger partial charge in [-0.3, -0.25) is 0 Å². The summed E-state index contributed by atoms with van der Waals surface area (Å²) in [6, 6.07) is 25.1. The summed E-state index contributed by atoms with van der Waals surface area (Å²) >= 11 is 6.33. The van der Waals surface area contributed by atoms with Gasteiger partial charge in [0.1, 0.15) is 12.7 Å². The van der Waals surface area contributed by atoms with Crippen molar-refractivity contribution in [3.8, 4) is 0 Å². The Morgan fingerprint density at radius 1 is 0.647 bits per heavy atom. The zero-order chi connectivity index (χ0) is 23.9. The Hall–Kier alpha value is -3.68. The maximum absolute atomic E-state index is 12.7. The topological polar surface area (TPSA) is 88.1 Å². The number of benzene rings is 3. The molecule has 4 atom stereocenters. The molecule has 4 rings (SSSR count). The predicted molar refractivity (Wildman–Crippen MR) is 123 cm³/mol. The third kappa shape index (κ3) is 5.62. The number of hydrogen-bond donors (Lipinski definition) is 0. The maximum atomic E-state index is 12.7. The molecule has 3 aromatic rings. The number of alkyl halides is 1. The Kier molecular flexibility index (Phi) is 7.57. The fourth-order valence-corrected chi connectivity index (χ4v) is 3.75. The molecule has 34 heavy (non-hydrogen) atoms. The largest absolute Gasteiger partial charge is 0.459 e. The summed E-state index contributed by atoms with van der Waals surface area (Å²) in [6.45, 7) is -0.261. The lowest BCUT2D eigenvalue weighted by Crippen LogP contribution is -2.41. The summed E-state index contributed by atoms with van der Waals surface area (Å²) < 4.78 is 22.3. The molecule has 0 saturated carbocycles. The van der Waals surface area contributed by atoms with E-state index in [0.29, 0.717) is 16.7 Å². The van der Waals surface area contributed by atoms with E-state index in [2.05, 4.69) is 0 Å². The van der Waals surface area contributed by atoms with Gasteiger partial charge >= 0.3 is 17.9 Å². The average Bonchev–Trinajstić information content (AvgIpc) is 3.17. The van der Waals surface area contributed by atoms with E-state index in [-0.39, 0.29) is 6.61 Å². The van der Waals surface area contributed by atoms with Crippen molar-refractivity contribution in [3.05, 3.63) is 108 Å². The maximum Gasteiger partial charge on any atom is 0.338 e. The molecule has 1 heterocycles. The van der Waals surface area contributed by atoms with Crippen LogP contribution in [0.5, 0.6) is 0 Å². The first kappa shape index (κ1) is 23.5. The van der Waals surface area contributed by atoms with Crippen molar-refractivity contribution >= 4 is 29.5 Å². The monoisotopic (exact) mass is 480 g/mol. The van der Waals surface area contributed by atoms with Gasteiger partial charge in [0.05, 0.1) is 16.7 Å². The predicted octanol–water partition coefficient (Wildman–Crippen LogP) is 4.26. The summed E-state index contributed by atoms with van der Waals surface area (Å²) in [5.74, 6) is -1.88. The molecule has 0 amide bonds. The first-order valence-corrected chi connectivity index (χ1v) is 11.0. The van der Waals surface area contributed by atoms with Crippen molar-refractivity contribution < 1.29 is 33.3 Å². The number of rotatable bonds is 7.